The van der Waals surface area contributed by atoms with E-state index in [-0.39, 0.29) is 35.5 Å². The first-order valence-electron chi connectivity index (χ1n) is 16.5. The predicted octanol–water partition coefficient (Wildman–Crippen LogP) is 6.29. The number of allylic oxidation sites excluding steroid dienone is 4. The third kappa shape index (κ3) is 4.67. The number of phenols is 1. The third-order valence-electron chi connectivity index (χ3n) is 11.1. The summed E-state index contributed by atoms with van der Waals surface area (Å²) in [4.78, 5) is 41.1. The van der Waals surface area contributed by atoms with E-state index in [2.05, 4.69) is 6.08 Å². The second kappa shape index (κ2) is 10.9. The Bertz CT molecular complexity index is 1700. The molecule has 1 aromatic carbocycles. The van der Waals surface area contributed by atoms with Gasteiger partial charge >= 0.3 is 5.97 Å². The summed E-state index contributed by atoms with van der Waals surface area (Å²) in [5.41, 5.74) is -1.91. The van der Waals surface area contributed by atoms with Gasteiger partial charge in [-0.05, 0) is 93.2 Å². The van der Waals surface area contributed by atoms with Crippen LogP contribution >= 0.6 is 0 Å². The van der Waals surface area contributed by atoms with E-state index in [1.807, 2.05) is 60.6 Å². The van der Waals surface area contributed by atoms with E-state index in [0.29, 0.717) is 29.7 Å². The van der Waals surface area contributed by atoms with Gasteiger partial charge in [-0.1, -0.05) is 29.4 Å². The van der Waals surface area contributed by atoms with Crippen molar-refractivity contribution in [2.24, 2.45) is 17.8 Å². The molecular formula is C38H46O9. The van der Waals surface area contributed by atoms with Gasteiger partial charge in [0.05, 0.1) is 23.2 Å². The zero-order chi connectivity index (χ0) is 34.4. The second-order valence-electron chi connectivity index (χ2n) is 15.2. The van der Waals surface area contributed by atoms with Gasteiger partial charge in [-0.15, -0.1) is 0 Å². The number of benzene rings is 1. The average Bonchev–Trinajstić information content (AvgIpc) is 3.10. The number of aliphatic hydroxyl groups is 1. The molecular weight excluding hydrogens is 600 g/mol. The van der Waals surface area contributed by atoms with E-state index >= 15 is 0 Å². The number of carboxylic acids is 1. The largest absolute Gasteiger partial charge is 0.506 e. The lowest BCUT2D eigenvalue weighted by molar-refractivity contribution is -0.220. The molecule has 3 heterocycles. The van der Waals surface area contributed by atoms with E-state index in [1.54, 1.807) is 6.08 Å². The summed E-state index contributed by atoms with van der Waals surface area (Å²) in [6, 6.07) is 0. The normalized spacial score (nSPS) is 34.1. The molecule has 9 heteroatoms. The van der Waals surface area contributed by atoms with Crippen LogP contribution in [0.1, 0.15) is 103 Å². The molecule has 3 aliphatic heterocycles. The number of aromatic hydroxyl groups is 1. The quantitative estimate of drug-likeness (QED) is 0.220. The van der Waals surface area contributed by atoms with Crippen molar-refractivity contribution in [1.82, 2.24) is 0 Å². The van der Waals surface area contributed by atoms with E-state index in [0.717, 1.165) is 12.0 Å². The van der Waals surface area contributed by atoms with Crippen molar-refractivity contribution in [1.29, 1.82) is 0 Å². The van der Waals surface area contributed by atoms with E-state index < -0.39 is 63.8 Å². The number of carboxylic acid groups (broad SMARTS) is 1. The fourth-order valence-electron chi connectivity index (χ4n) is 8.76. The van der Waals surface area contributed by atoms with Gasteiger partial charge < -0.3 is 29.5 Å². The van der Waals surface area contributed by atoms with Crippen LogP contribution in [0.4, 0.5) is 0 Å². The average molecular weight is 647 g/mol. The summed E-state index contributed by atoms with van der Waals surface area (Å²) in [6.45, 7) is 15.1. The Balaban J connectivity index is 1.60. The molecule has 7 atom stereocenters. The van der Waals surface area contributed by atoms with Crippen molar-refractivity contribution < 1.29 is 43.9 Å². The third-order valence-corrected chi connectivity index (χ3v) is 11.1. The van der Waals surface area contributed by atoms with Crippen LogP contribution in [0.3, 0.4) is 0 Å². The number of carbonyl (C=O) groups excluding carboxylic acids is 2. The first-order chi connectivity index (χ1) is 21.9. The number of hydrogen-bond acceptors (Lipinski definition) is 8. The minimum absolute atomic E-state index is 0.0260. The van der Waals surface area contributed by atoms with Crippen LogP contribution in [0.5, 0.6) is 17.2 Å². The Morgan fingerprint density at radius 3 is 2.32 bits per heavy atom. The fraction of sp³-hybridized carbons (Fsp3) is 0.553. The minimum atomic E-state index is -1.74. The zero-order valence-corrected chi connectivity index (χ0v) is 28.5. The molecule has 47 heavy (non-hydrogen) atoms. The van der Waals surface area contributed by atoms with Crippen molar-refractivity contribution in [3.8, 4) is 17.2 Å². The van der Waals surface area contributed by atoms with Gasteiger partial charge in [-0.3, -0.25) is 9.59 Å². The Morgan fingerprint density at radius 2 is 1.68 bits per heavy atom. The second-order valence-corrected chi connectivity index (χ2v) is 15.2. The lowest BCUT2D eigenvalue weighted by Crippen LogP contribution is -2.80. The number of Topliss-reactive ketones (excluding diaryl/α,β-unsaturated/α-hetero) is 2. The predicted molar refractivity (Wildman–Crippen MR) is 176 cm³/mol. The highest BCUT2D eigenvalue weighted by Gasteiger charge is 2.85. The maximum Gasteiger partial charge on any atom is 0.330 e. The number of ketones is 2. The van der Waals surface area contributed by atoms with Gasteiger partial charge in [0, 0.05) is 29.4 Å². The maximum absolute atomic E-state index is 14.8. The van der Waals surface area contributed by atoms with Crippen LogP contribution in [0.2, 0.25) is 0 Å². The number of aliphatic carboxylic acids is 1. The number of phenolic OH excluding ortho intramolecular Hbond substituents is 1. The first-order valence-corrected chi connectivity index (χ1v) is 16.5. The van der Waals surface area contributed by atoms with Crippen LogP contribution in [-0.2, 0) is 20.7 Å². The van der Waals surface area contributed by atoms with Crippen molar-refractivity contribution in [3.05, 3.63) is 57.7 Å². The zero-order valence-electron chi connectivity index (χ0n) is 28.5. The minimum Gasteiger partial charge on any atom is -0.506 e. The Kier molecular flexibility index (Phi) is 7.72. The van der Waals surface area contributed by atoms with Gasteiger partial charge in [0.1, 0.15) is 28.4 Å². The summed E-state index contributed by atoms with van der Waals surface area (Å²) in [6.07, 6.45) is 9.79. The Hall–Kier alpha value is -3.69. The van der Waals surface area contributed by atoms with Crippen molar-refractivity contribution in [3.63, 3.8) is 0 Å². The highest BCUT2D eigenvalue weighted by atomic mass is 16.6. The Labute approximate surface area is 276 Å². The monoisotopic (exact) mass is 646 g/mol. The molecule has 252 valence electrons. The Morgan fingerprint density at radius 1 is 1.00 bits per heavy atom. The molecule has 0 aromatic heterocycles. The number of fused-ring (bicyclic) bond motifs is 2. The topological polar surface area (TPSA) is 140 Å². The van der Waals surface area contributed by atoms with Crippen LogP contribution in [0, 0.1) is 17.8 Å². The van der Waals surface area contributed by atoms with Crippen LogP contribution in [0.25, 0.3) is 6.08 Å². The van der Waals surface area contributed by atoms with Gasteiger partial charge in [0.25, 0.3) is 0 Å². The molecule has 3 saturated carbocycles. The molecule has 0 radical (unpaired) electrons. The summed E-state index contributed by atoms with van der Waals surface area (Å²) >= 11 is 0. The molecule has 3 N–H and O–H groups in total. The van der Waals surface area contributed by atoms with Gasteiger partial charge in [0.15, 0.2) is 22.8 Å². The molecule has 3 aliphatic carbocycles. The van der Waals surface area contributed by atoms with Gasteiger partial charge in [-0.25, -0.2) is 4.79 Å². The first kappa shape index (κ1) is 33.2. The lowest BCUT2D eigenvalue weighted by atomic mass is 9.45. The number of carbonyl (C=O) groups is 3. The van der Waals surface area contributed by atoms with Crippen LogP contribution in [-0.4, -0.2) is 61.4 Å². The summed E-state index contributed by atoms with van der Waals surface area (Å²) in [5.74, 6) is -4.44. The number of hydrogen-bond donors (Lipinski definition) is 3. The van der Waals surface area contributed by atoms with Gasteiger partial charge in [-0.2, -0.15) is 0 Å². The standard InChI is InChI=1S/C38H46O9/c1-19(2)10-9-15-36(8)16-14-22-28(39)26-30(41)27-29(40)24-18-25-35(6,7)47-37(33(24)42,17-13-21(5)34(43)44)38(25,27)46-32(26)23(31(22)45-36)12-11-20(3)4/h10-11,13-14,16,24-25,27,29,39-40H,9,12,15,17-18H2,1-8H3,(H,43,44)/b21-13-/t24-,25-,27?,29?,36+,37-,38-/m0/s1. The SMILES string of the molecule is CC(C)=CCC[C@]1(C)C=Cc2c(O)c3c(c(CC=C(C)C)c2O1)O[C@]12C(C3=O)C(O)[C@@H]3C[C@H]1C(C)(C)O[C@@]2(C/C=C(/C)C(=O)O)C3=O. The van der Waals surface area contributed by atoms with E-state index in [4.69, 9.17) is 14.2 Å². The molecule has 9 nitrogen and oxygen atoms in total. The van der Waals surface area contributed by atoms with Crippen LogP contribution in [0.15, 0.2) is 41.0 Å². The van der Waals surface area contributed by atoms with Crippen molar-refractivity contribution in [2.75, 3.05) is 0 Å². The molecule has 0 amide bonds. The summed E-state index contributed by atoms with van der Waals surface area (Å²) in [7, 11) is 0. The van der Waals surface area contributed by atoms with E-state index in [9.17, 15) is 29.7 Å². The smallest absolute Gasteiger partial charge is 0.330 e. The van der Waals surface area contributed by atoms with E-state index in [1.165, 1.54) is 18.6 Å². The number of ether oxygens (including phenoxy) is 3. The molecule has 2 unspecified atom stereocenters. The molecule has 1 spiro atoms. The maximum atomic E-state index is 14.8. The van der Waals surface area contributed by atoms with Crippen molar-refractivity contribution in [2.45, 2.75) is 116 Å². The summed E-state index contributed by atoms with van der Waals surface area (Å²) < 4.78 is 20.5. The summed E-state index contributed by atoms with van der Waals surface area (Å²) in [5, 5.41) is 33.2. The fourth-order valence-corrected chi connectivity index (χ4v) is 8.76. The number of aliphatic hydroxyl groups excluding tert-OH is 1. The molecule has 6 aliphatic rings. The highest BCUT2D eigenvalue weighted by Crippen LogP contribution is 2.70. The lowest BCUT2D eigenvalue weighted by Gasteiger charge is -2.62. The highest BCUT2D eigenvalue weighted by molar-refractivity contribution is 6.10. The molecule has 7 rings (SSSR count). The molecule has 1 saturated heterocycles. The van der Waals surface area contributed by atoms with Crippen molar-refractivity contribution >= 4 is 23.6 Å². The van der Waals surface area contributed by atoms with Gasteiger partial charge in [0.2, 0.25) is 0 Å². The number of rotatable bonds is 8. The van der Waals surface area contributed by atoms with Crippen LogP contribution < -0.4 is 9.47 Å². The molecule has 4 bridgehead atoms. The molecule has 1 aromatic rings. The molecule has 4 fully saturated rings.